The Labute approximate surface area is 169 Å². The van der Waals surface area contributed by atoms with E-state index in [4.69, 9.17) is 17.0 Å². The maximum atomic E-state index is 12.3. The standard InChI is InChI=1S/C19H26N4O2S2/c1-5-23-12(3)14(11(2)22-23)10-20-19(26)21-17-16(18(24)25-4)13-8-6-7-9-15(13)27-17/h5-10H2,1-4H3,(H2,20,21,26). The van der Waals surface area contributed by atoms with Crippen LogP contribution in [0.25, 0.3) is 0 Å². The number of thiocarbonyl (C=S) groups is 1. The summed E-state index contributed by atoms with van der Waals surface area (Å²) in [6.07, 6.45) is 4.21. The number of methoxy groups -OCH3 is 1. The lowest BCUT2D eigenvalue weighted by atomic mass is 9.95. The number of esters is 1. The van der Waals surface area contributed by atoms with Crippen molar-refractivity contribution in [1.82, 2.24) is 15.1 Å². The van der Waals surface area contributed by atoms with E-state index in [1.54, 1.807) is 11.3 Å². The fourth-order valence-electron chi connectivity index (χ4n) is 3.59. The van der Waals surface area contributed by atoms with Crippen molar-refractivity contribution >= 4 is 39.6 Å². The Morgan fingerprint density at radius 2 is 2.07 bits per heavy atom. The van der Waals surface area contributed by atoms with Crippen molar-refractivity contribution < 1.29 is 9.53 Å². The fraction of sp³-hybridized carbons (Fsp3) is 0.526. The number of nitrogens with zero attached hydrogens (tertiary/aromatic N) is 2. The molecular formula is C19H26N4O2S2. The molecule has 146 valence electrons. The van der Waals surface area contributed by atoms with Crippen molar-refractivity contribution in [1.29, 1.82) is 0 Å². The first-order chi connectivity index (χ1) is 13.0. The molecule has 1 aliphatic rings. The number of anilines is 1. The predicted molar refractivity (Wildman–Crippen MR) is 113 cm³/mol. The van der Waals surface area contributed by atoms with Gasteiger partial charge in [-0.15, -0.1) is 11.3 Å². The van der Waals surface area contributed by atoms with Gasteiger partial charge in [-0.2, -0.15) is 5.10 Å². The van der Waals surface area contributed by atoms with Crippen LogP contribution in [0.3, 0.4) is 0 Å². The van der Waals surface area contributed by atoms with Crippen LogP contribution in [0.4, 0.5) is 5.00 Å². The summed E-state index contributed by atoms with van der Waals surface area (Å²) in [5.41, 5.74) is 5.07. The Bertz CT molecular complexity index is 870. The average molecular weight is 407 g/mol. The molecule has 1 aliphatic carbocycles. The molecule has 27 heavy (non-hydrogen) atoms. The topological polar surface area (TPSA) is 68.2 Å². The molecule has 0 bridgehead atoms. The van der Waals surface area contributed by atoms with Crippen molar-refractivity contribution in [2.75, 3.05) is 12.4 Å². The number of hydrogen-bond donors (Lipinski definition) is 2. The highest BCUT2D eigenvalue weighted by Crippen LogP contribution is 2.38. The Morgan fingerprint density at radius 3 is 2.74 bits per heavy atom. The first kappa shape index (κ1) is 19.8. The molecule has 0 saturated heterocycles. The minimum absolute atomic E-state index is 0.296. The van der Waals surface area contributed by atoms with E-state index in [0.717, 1.165) is 59.7 Å². The van der Waals surface area contributed by atoms with E-state index in [-0.39, 0.29) is 5.97 Å². The summed E-state index contributed by atoms with van der Waals surface area (Å²) in [6.45, 7) is 7.60. The summed E-state index contributed by atoms with van der Waals surface area (Å²) in [5, 5.41) is 12.3. The first-order valence-electron chi connectivity index (χ1n) is 9.26. The summed E-state index contributed by atoms with van der Waals surface area (Å²) < 4.78 is 7.00. The molecule has 0 saturated carbocycles. The lowest BCUT2D eigenvalue weighted by molar-refractivity contribution is 0.0601. The van der Waals surface area contributed by atoms with Crippen LogP contribution in [0.1, 0.15) is 57.5 Å². The molecule has 0 spiro atoms. The van der Waals surface area contributed by atoms with Crippen LogP contribution < -0.4 is 10.6 Å². The number of fused-ring (bicyclic) bond motifs is 1. The zero-order valence-corrected chi connectivity index (χ0v) is 17.9. The summed E-state index contributed by atoms with van der Waals surface area (Å²) in [5.74, 6) is -0.296. The second-order valence-corrected chi connectivity index (χ2v) is 8.19. The third-order valence-corrected chi connectivity index (χ3v) is 6.50. The van der Waals surface area contributed by atoms with Crippen LogP contribution in [0.5, 0.6) is 0 Å². The van der Waals surface area contributed by atoms with Gasteiger partial charge in [0.15, 0.2) is 5.11 Å². The maximum absolute atomic E-state index is 12.3. The smallest absolute Gasteiger partial charge is 0.341 e. The highest BCUT2D eigenvalue weighted by molar-refractivity contribution is 7.80. The van der Waals surface area contributed by atoms with Gasteiger partial charge in [0.2, 0.25) is 0 Å². The zero-order valence-electron chi connectivity index (χ0n) is 16.3. The number of aryl methyl sites for hydroxylation is 3. The van der Waals surface area contributed by atoms with E-state index in [9.17, 15) is 4.79 Å². The molecule has 0 atom stereocenters. The van der Waals surface area contributed by atoms with E-state index in [0.29, 0.717) is 17.2 Å². The van der Waals surface area contributed by atoms with E-state index in [1.807, 2.05) is 11.6 Å². The number of rotatable bonds is 5. The Morgan fingerprint density at radius 1 is 1.33 bits per heavy atom. The van der Waals surface area contributed by atoms with E-state index < -0.39 is 0 Å². The third kappa shape index (κ3) is 4.01. The van der Waals surface area contributed by atoms with Crippen LogP contribution in [-0.4, -0.2) is 28.0 Å². The quantitative estimate of drug-likeness (QED) is 0.582. The Balaban J connectivity index is 1.74. The Hall–Kier alpha value is -1.93. The van der Waals surface area contributed by atoms with E-state index in [2.05, 4.69) is 29.6 Å². The number of aromatic nitrogens is 2. The van der Waals surface area contributed by atoms with E-state index in [1.165, 1.54) is 12.0 Å². The molecule has 2 aromatic heterocycles. The third-order valence-electron chi connectivity index (χ3n) is 5.04. The second kappa shape index (κ2) is 8.39. The van der Waals surface area contributed by atoms with Gasteiger partial charge in [-0.25, -0.2) is 4.79 Å². The summed E-state index contributed by atoms with van der Waals surface area (Å²) >= 11 is 7.10. The van der Waals surface area contributed by atoms with E-state index >= 15 is 0 Å². The van der Waals surface area contributed by atoms with Crippen LogP contribution >= 0.6 is 23.6 Å². The number of nitrogens with one attached hydrogen (secondary N) is 2. The highest BCUT2D eigenvalue weighted by Gasteiger charge is 2.26. The molecule has 0 fully saturated rings. The van der Waals surface area contributed by atoms with Gasteiger partial charge in [0.1, 0.15) is 5.00 Å². The fourth-order valence-corrected chi connectivity index (χ4v) is 5.11. The van der Waals surface area contributed by atoms with Gasteiger partial charge in [0.25, 0.3) is 0 Å². The van der Waals surface area contributed by atoms with Crippen LogP contribution in [0, 0.1) is 13.8 Å². The number of carbonyl (C=O) groups excluding carboxylic acids is 1. The van der Waals surface area contributed by atoms with Crippen LogP contribution in [0.2, 0.25) is 0 Å². The van der Waals surface area contributed by atoms with Gasteiger partial charge in [0, 0.05) is 29.2 Å². The zero-order chi connectivity index (χ0) is 19.6. The number of ether oxygens (including phenoxy) is 1. The molecule has 2 aromatic rings. The van der Waals surface area contributed by atoms with Gasteiger partial charge in [-0.1, -0.05) is 0 Å². The van der Waals surface area contributed by atoms with Gasteiger partial charge in [-0.05, 0) is 64.2 Å². The lowest BCUT2D eigenvalue weighted by Gasteiger charge is -2.13. The lowest BCUT2D eigenvalue weighted by Crippen LogP contribution is -2.28. The van der Waals surface area contributed by atoms with Crippen molar-refractivity contribution in [3.63, 3.8) is 0 Å². The molecule has 0 unspecified atom stereocenters. The molecule has 2 heterocycles. The van der Waals surface area contributed by atoms with Gasteiger partial charge in [-0.3, -0.25) is 4.68 Å². The molecule has 6 nitrogen and oxygen atoms in total. The number of carbonyl (C=O) groups is 1. The highest BCUT2D eigenvalue weighted by atomic mass is 32.1. The summed E-state index contributed by atoms with van der Waals surface area (Å²) in [4.78, 5) is 13.6. The molecule has 2 N–H and O–H groups in total. The normalized spacial score (nSPS) is 13.2. The maximum Gasteiger partial charge on any atom is 0.341 e. The van der Waals surface area contributed by atoms with Crippen LogP contribution in [-0.2, 0) is 30.7 Å². The molecule has 3 rings (SSSR count). The molecule has 8 heteroatoms. The minimum Gasteiger partial charge on any atom is -0.465 e. The predicted octanol–water partition coefficient (Wildman–Crippen LogP) is 3.73. The van der Waals surface area contributed by atoms with Crippen molar-refractivity contribution in [2.45, 2.75) is 59.5 Å². The SMILES string of the molecule is CCn1nc(C)c(CNC(=S)Nc2sc3c(c2C(=O)OC)CCCC3)c1C. The minimum atomic E-state index is -0.296. The average Bonchev–Trinajstić information content (AvgIpc) is 3.15. The molecule has 0 amide bonds. The number of thiophene rings is 1. The van der Waals surface area contributed by atoms with Crippen molar-refractivity contribution in [3.8, 4) is 0 Å². The van der Waals surface area contributed by atoms with Crippen LogP contribution in [0.15, 0.2) is 0 Å². The van der Waals surface area contributed by atoms with Gasteiger partial charge < -0.3 is 15.4 Å². The molecule has 0 aliphatic heterocycles. The van der Waals surface area contributed by atoms with Gasteiger partial charge in [0.05, 0.1) is 18.4 Å². The molecular weight excluding hydrogens is 380 g/mol. The largest absolute Gasteiger partial charge is 0.465 e. The van der Waals surface area contributed by atoms with Crippen molar-refractivity contribution in [2.24, 2.45) is 0 Å². The molecule has 0 aromatic carbocycles. The summed E-state index contributed by atoms with van der Waals surface area (Å²) in [6, 6.07) is 0. The number of hydrogen-bond acceptors (Lipinski definition) is 5. The van der Waals surface area contributed by atoms with Gasteiger partial charge >= 0.3 is 5.97 Å². The monoisotopic (exact) mass is 406 g/mol. The molecule has 0 radical (unpaired) electrons. The Kier molecular flexibility index (Phi) is 6.16. The second-order valence-electron chi connectivity index (χ2n) is 6.68. The summed E-state index contributed by atoms with van der Waals surface area (Å²) in [7, 11) is 1.42. The van der Waals surface area contributed by atoms with Crippen molar-refractivity contribution in [3.05, 3.63) is 33.0 Å². The first-order valence-corrected chi connectivity index (χ1v) is 10.5.